The van der Waals surface area contributed by atoms with Crippen LogP contribution in [0, 0.1) is 0 Å². The van der Waals surface area contributed by atoms with Crippen molar-refractivity contribution >= 4 is 11.6 Å². The Morgan fingerprint density at radius 2 is 1.93 bits per heavy atom. The van der Waals surface area contributed by atoms with Crippen LogP contribution >= 0.6 is 0 Å². The number of carbonyl (C=O) groups excluding carboxylic acids is 1. The topological polar surface area (TPSA) is 87.4 Å². The summed E-state index contributed by atoms with van der Waals surface area (Å²) < 4.78 is 15.0. The van der Waals surface area contributed by atoms with Crippen molar-refractivity contribution in [3.63, 3.8) is 0 Å². The van der Waals surface area contributed by atoms with Gasteiger partial charge in [-0.25, -0.2) is 9.48 Å². The van der Waals surface area contributed by atoms with Crippen molar-refractivity contribution < 1.29 is 14.3 Å². The van der Waals surface area contributed by atoms with E-state index in [1.54, 1.807) is 16.7 Å². The second-order valence-corrected chi connectivity index (χ2v) is 7.85. The minimum Gasteiger partial charge on any atom is -0.448 e. The van der Waals surface area contributed by atoms with Gasteiger partial charge in [0.2, 0.25) is 5.91 Å². The Hall–Kier alpha value is -2.77. The molecule has 2 aromatic rings. The molecule has 1 aromatic carbocycles. The van der Waals surface area contributed by atoms with Gasteiger partial charge in [-0.3, -0.25) is 9.36 Å². The quantitative estimate of drug-likeness (QED) is 0.878. The zero-order chi connectivity index (χ0) is 19.1. The van der Waals surface area contributed by atoms with Gasteiger partial charge in [0.1, 0.15) is 12.4 Å². The molecule has 148 valence electrons. The zero-order valence-corrected chi connectivity index (χ0v) is 15.8. The molecule has 1 amide bonds. The van der Waals surface area contributed by atoms with Gasteiger partial charge in [-0.1, -0.05) is 6.42 Å². The van der Waals surface area contributed by atoms with Crippen molar-refractivity contribution in [3.05, 3.63) is 34.5 Å². The number of fused-ring (bicyclic) bond motifs is 2. The lowest BCUT2D eigenvalue weighted by atomic mass is 10.2. The summed E-state index contributed by atoms with van der Waals surface area (Å²) in [4.78, 5) is 25.0. The molecule has 8 nitrogen and oxygen atoms in total. The third-order valence-corrected chi connectivity index (χ3v) is 5.76. The van der Waals surface area contributed by atoms with Crippen molar-refractivity contribution in [2.75, 3.05) is 5.32 Å². The minimum atomic E-state index is -0.521. The summed E-state index contributed by atoms with van der Waals surface area (Å²) in [6.07, 6.45) is 7.86. The lowest BCUT2D eigenvalue weighted by Gasteiger charge is -2.21. The molecule has 5 rings (SSSR count). The molecule has 3 heterocycles. The van der Waals surface area contributed by atoms with Gasteiger partial charge in [0.15, 0.2) is 11.5 Å². The number of carbonyl (C=O) groups is 1. The number of nitrogens with one attached hydrogen (secondary N) is 1. The molecule has 0 radical (unpaired) electrons. The van der Waals surface area contributed by atoms with Gasteiger partial charge in [-0.2, -0.15) is 5.10 Å². The van der Waals surface area contributed by atoms with Gasteiger partial charge in [0.25, 0.3) is 5.79 Å². The van der Waals surface area contributed by atoms with Crippen molar-refractivity contribution in [2.45, 2.75) is 70.2 Å². The predicted molar refractivity (Wildman–Crippen MR) is 102 cm³/mol. The highest BCUT2D eigenvalue weighted by Crippen LogP contribution is 2.47. The molecule has 1 saturated carbocycles. The molecule has 0 unspecified atom stereocenters. The molecule has 28 heavy (non-hydrogen) atoms. The van der Waals surface area contributed by atoms with Crippen LogP contribution in [-0.2, 0) is 24.3 Å². The Kier molecular flexibility index (Phi) is 4.14. The standard InChI is InChI=1S/C20H24N4O4/c25-18(13-24-19(26)23-11-5-1-2-6-17(23)22-24)21-14-7-8-15-16(12-14)28-20(27-15)9-3-4-10-20/h7-8,12H,1-6,9-11,13H2,(H,21,25). The summed E-state index contributed by atoms with van der Waals surface area (Å²) in [6.45, 7) is 0.580. The third-order valence-electron chi connectivity index (χ3n) is 5.76. The van der Waals surface area contributed by atoms with E-state index >= 15 is 0 Å². The number of rotatable bonds is 3. The molecule has 0 atom stereocenters. The molecule has 1 aliphatic carbocycles. The predicted octanol–water partition coefficient (Wildman–Crippen LogP) is 2.45. The summed E-state index contributed by atoms with van der Waals surface area (Å²) >= 11 is 0. The smallest absolute Gasteiger partial charge is 0.346 e. The molecule has 8 heteroatoms. The second-order valence-electron chi connectivity index (χ2n) is 7.85. The van der Waals surface area contributed by atoms with Crippen LogP contribution in [0.3, 0.4) is 0 Å². The van der Waals surface area contributed by atoms with Crippen LogP contribution < -0.4 is 20.5 Å². The summed E-state index contributed by atoms with van der Waals surface area (Å²) in [7, 11) is 0. The van der Waals surface area contributed by atoms with E-state index in [1.807, 2.05) is 6.07 Å². The first-order valence-corrected chi connectivity index (χ1v) is 10.1. The van der Waals surface area contributed by atoms with Crippen molar-refractivity contribution in [3.8, 4) is 11.5 Å². The molecular weight excluding hydrogens is 360 g/mol. The van der Waals surface area contributed by atoms with E-state index in [0.29, 0.717) is 23.7 Å². The monoisotopic (exact) mass is 384 g/mol. The van der Waals surface area contributed by atoms with Crippen molar-refractivity contribution in [2.24, 2.45) is 0 Å². The Balaban J connectivity index is 1.28. The number of ether oxygens (including phenoxy) is 2. The van der Waals surface area contributed by atoms with Crippen LogP contribution in [-0.4, -0.2) is 26.0 Å². The largest absolute Gasteiger partial charge is 0.448 e. The molecular formula is C20H24N4O4. The molecule has 1 fully saturated rings. The summed E-state index contributed by atoms with van der Waals surface area (Å²) in [5.41, 5.74) is 0.414. The first kappa shape index (κ1) is 17.3. The Morgan fingerprint density at radius 1 is 1.11 bits per heavy atom. The first-order chi connectivity index (χ1) is 13.6. The zero-order valence-electron chi connectivity index (χ0n) is 15.8. The summed E-state index contributed by atoms with van der Waals surface area (Å²) in [5.74, 6) is 1.34. The van der Waals surface area contributed by atoms with E-state index in [9.17, 15) is 9.59 Å². The highest BCUT2D eigenvalue weighted by molar-refractivity contribution is 5.90. The van der Waals surface area contributed by atoms with E-state index in [-0.39, 0.29) is 18.1 Å². The van der Waals surface area contributed by atoms with Gasteiger partial charge in [0, 0.05) is 37.6 Å². The van der Waals surface area contributed by atoms with Gasteiger partial charge in [-0.05, 0) is 37.8 Å². The number of hydrogen-bond donors (Lipinski definition) is 1. The number of aryl methyl sites for hydroxylation is 1. The number of aromatic nitrogens is 3. The third kappa shape index (κ3) is 3.06. The molecule has 1 N–H and O–H groups in total. The SMILES string of the molecule is O=C(Cn1nc2n(c1=O)CCCCC2)Nc1ccc2c(c1)OC1(CCCC1)O2. The first-order valence-electron chi connectivity index (χ1n) is 10.1. The highest BCUT2D eigenvalue weighted by atomic mass is 16.7. The fourth-order valence-electron chi connectivity index (χ4n) is 4.35. The van der Waals surface area contributed by atoms with Gasteiger partial charge < -0.3 is 14.8 Å². The normalized spacial score (nSPS) is 19.4. The fraction of sp³-hybridized carbons (Fsp3) is 0.550. The maximum atomic E-state index is 12.5. The summed E-state index contributed by atoms with van der Waals surface area (Å²) in [6, 6.07) is 5.40. The van der Waals surface area contributed by atoms with Crippen LogP contribution in [0.1, 0.15) is 50.8 Å². The van der Waals surface area contributed by atoms with Gasteiger partial charge in [-0.15, -0.1) is 0 Å². The molecule has 1 spiro atoms. The highest BCUT2D eigenvalue weighted by Gasteiger charge is 2.44. The fourth-order valence-corrected chi connectivity index (χ4v) is 4.35. The second kappa shape index (κ2) is 6.68. The van der Waals surface area contributed by atoms with Crippen LogP contribution in [0.4, 0.5) is 5.69 Å². The maximum absolute atomic E-state index is 12.5. The molecule has 0 saturated heterocycles. The molecule has 1 aromatic heterocycles. The van der Waals surface area contributed by atoms with Gasteiger partial charge in [0.05, 0.1) is 0 Å². The summed E-state index contributed by atoms with van der Waals surface area (Å²) in [5, 5.41) is 7.20. The Morgan fingerprint density at radius 3 is 2.79 bits per heavy atom. The van der Waals surface area contributed by atoms with Crippen LogP contribution in [0.2, 0.25) is 0 Å². The molecule has 3 aliphatic rings. The van der Waals surface area contributed by atoms with E-state index in [2.05, 4.69) is 10.4 Å². The number of hydrogen-bond acceptors (Lipinski definition) is 5. The lowest BCUT2D eigenvalue weighted by molar-refractivity contribution is -0.117. The van der Waals surface area contributed by atoms with Crippen molar-refractivity contribution in [1.82, 2.24) is 14.3 Å². The Labute approximate surface area is 162 Å². The van der Waals surface area contributed by atoms with Crippen LogP contribution in [0.25, 0.3) is 0 Å². The van der Waals surface area contributed by atoms with E-state index in [0.717, 1.165) is 57.2 Å². The van der Waals surface area contributed by atoms with Crippen LogP contribution in [0.15, 0.2) is 23.0 Å². The lowest BCUT2D eigenvalue weighted by Crippen LogP contribution is -2.34. The number of benzene rings is 1. The number of amides is 1. The maximum Gasteiger partial charge on any atom is 0.346 e. The van der Waals surface area contributed by atoms with E-state index < -0.39 is 5.79 Å². The molecule has 2 aliphatic heterocycles. The van der Waals surface area contributed by atoms with E-state index in [1.165, 1.54) is 4.68 Å². The van der Waals surface area contributed by atoms with Crippen LogP contribution in [0.5, 0.6) is 11.5 Å². The average molecular weight is 384 g/mol. The average Bonchev–Trinajstić information content (AvgIpc) is 3.29. The van der Waals surface area contributed by atoms with Gasteiger partial charge >= 0.3 is 5.69 Å². The number of anilines is 1. The molecule has 0 bridgehead atoms. The van der Waals surface area contributed by atoms with Crippen molar-refractivity contribution in [1.29, 1.82) is 0 Å². The minimum absolute atomic E-state index is 0.1000. The number of nitrogens with zero attached hydrogens (tertiary/aromatic N) is 3. The van der Waals surface area contributed by atoms with E-state index in [4.69, 9.17) is 9.47 Å². The Bertz CT molecular complexity index is 971.